The summed E-state index contributed by atoms with van der Waals surface area (Å²) in [6.07, 6.45) is 9.19. The molecule has 5 amide bonds. The molecule has 2 heterocycles. The maximum absolute atomic E-state index is 13.8. The first-order chi connectivity index (χ1) is 41.6. The molecule has 0 unspecified atom stereocenters. The number of ether oxygens (including phenoxy) is 4. The molecule has 0 bridgehead atoms. The summed E-state index contributed by atoms with van der Waals surface area (Å²) < 4.78 is 90.4. The molecule has 0 saturated carbocycles. The number of urea groups is 1. The molecule has 20 nitrogen and oxygen atoms in total. The number of nitrogens with zero attached hydrogens (tertiary/aromatic N) is 3. The summed E-state index contributed by atoms with van der Waals surface area (Å²) >= 11 is 3.62. The van der Waals surface area contributed by atoms with Gasteiger partial charge in [-0.15, -0.1) is 6.42 Å². The number of primary amides is 1. The molecule has 26 heteroatoms. The molecule has 87 heavy (non-hydrogen) atoms. The predicted octanol–water partition coefficient (Wildman–Crippen LogP) is 7.13. The van der Waals surface area contributed by atoms with Crippen LogP contribution in [0.4, 0.5) is 38.1 Å². The van der Waals surface area contributed by atoms with Gasteiger partial charge < -0.3 is 55.8 Å². The smallest absolute Gasteiger partial charge is 0.313 e. The Morgan fingerprint density at radius 2 is 1.47 bits per heavy atom. The normalized spacial score (nSPS) is 11.8. The Labute approximate surface area is 506 Å². The Hall–Kier alpha value is -8.64. The minimum Gasteiger partial charge on any atom is -0.420 e. The molecule has 4 aromatic carbocycles. The number of hydrogen-bond acceptors (Lipinski definition) is 13. The van der Waals surface area contributed by atoms with E-state index in [1.54, 1.807) is 51.1 Å². The van der Waals surface area contributed by atoms with E-state index in [1.807, 2.05) is 64.3 Å². The lowest BCUT2D eigenvalue weighted by molar-refractivity contribution is -0.688. The molecule has 0 saturated heterocycles. The highest BCUT2D eigenvalue weighted by Gasteiger charge is 2.31. The van der Waals surface area contributed by atoms with Crippen LogP contribution in [0.5, 0.6) is 5.75 Å². The van der Waals surface area contributed by atoms with E-state index in [0.717, 1.165) is 26.9 Å². The zero-order valence-electron chi connectivity index (χ0n) is 47.9. The zero-order valence-corrected chi connectivity index (χ0v) is 49.5. The number of rotatable bonds is 33. The molecular formula is C61H66BrF5N9O11+. The lowest BCUT2D eigenvalue weighted by atomic mass is 9.89. The molecule has 0 aliphatic carbocycles. The lowest BCUT2D eigenvalue weighted by Gasteiger charge is -2.24. The fourth-order valence-corrected chi connectivity index (χ4v) is 9.31. The number of Topliss-reactive ketones (excluding diaryl/α,β-unsaturated/α-hetero) is 1. The fraction of sp³-hybridized carbons (Fsp3) is 0.361. The standard InChI is InChI=1S/C61H65BrF5N9O11/c1-5-21-76(35-42-29-45-47(31-46(42)62)71-37(4)72-60(45)82)44-16-12-40(13-17-44)58(80)70-32-39-8-7-22-75(34-39)33-38-10-14-43(15-11-38)73-59(81)41(9-6-20-69-61(68)83)30-48(77)56(36(2)3)74-49(78)18-23-84-25-27-86-28-26-85-24-19-50(79)87-57-54(66)52(64)51(63)53(65)55(57)67/h1,7-8,10-17,22,29,31,34,36,41,56H,6,9,18-21,23-28,30,32-33,35H2,2-4H3,(H6-,68,69,70,71,72,73,74,78,80,81,82,83)/p+1/t41-,56+/m1/s1. The van der Waals surface area contributed by atoms with E-state index in [1.165, 1.54) is 0 Å². The number of halogens is 6. The topological polar surface area (TPSA) is 266 Å². The molecule has 0 fully saturated rings. The highest BCUT2D eigenvalue weighted by atomic mass is 79.9. The molecule has 7 N–H and O–H groups in total. The second-order valence-corrected chi connectivity index (χ2v) is 21.1. The summed E-state index contributed by atoms with van der Waals surface area (Å²) in [5.74, 6) is -14.0. The Morgan fingerprint density at radius 1 is 0.828 bits per heavy atom. The van der Waals surface area contributed by atoms with Crippen molar-refractivity contribution in [2.45, 2.75) is 78.6 Å². The summed E-state index contributed by atoms with van der Waals surface area (Å²) in [6, 6.07) is 20.0. The largest absolute Gasteiger partial charge is 0.420 e. The maximum Gasteiger partial charge on any atom is 0.313 e. The van der Waals surface area contributed by atoms with Crippen LogP contribution in [0.15, 0.2) is 94.5 Å². The Morgan fingerprint density at radius 3 is 2.11 bits per heavy atom. The molecule has 6 aromatic rings. The second-order valence-electron chi connectivity index (χ2n) is 20.3. The second kappa shape index (κ2) is 33.3. The minimum absolute atomic E-state index is 0.0238. The average Bonchev–Trinajstić information content (AvgIpc) is 1.40. The number of terminal acetylenes is 1. The van der Waals surface area contributed by atoms with Gasteiger partial charge in [-0.05, 0) is 85.8 Å². The number of anilines is 2. The number of aryl methyl sites for hydroxylation is 1. The number of benzene rings is 4. The molecule has 462 valence electrons. The van der Waals surface area contributed by atoms with E-state index >= 15 is 0 Å². The van der Waals surface area contributed by atoms with Crippen LogP contribution in [0.25, 0.3) is 10.9 Å². The van der Waals surface area contributed by atoms with Crippen LogP contribution >= 0.6 is 15.9 Å². The van der Waals surface area contributed by atoms with Crippen LogP contribution in [0.2, 0.25) is 0 Å². The number of pyridine rings is 1. The molecule has 0 radical (unpaired) electrons. The summed E-state index contributed by atoms with van der Waals surface area (Å²) in [5, 5.41) is 11.6. The number of nitrogens with one attached hydrogen (secondary N) is 5. The molecule has 2 aromatic heterocycles. The first kappa shape index (κ1) is 67.5. The number of carbonyl (C=O) groups excluding carboxylic acids is 6. The number of nitrogens with two attached hydrogens (primary N) is 1. The van der Waals surface area contributed by atoms with Crippen LogP contribution in [-0.2, 0) is 53.0 Å². The summed E-state index contributed by atoms with van der Waals surface area (Å²) in [5.41, 5.74) is 9.87. The van der Waals surface area contributed by atoms with Gasteiger partial charge >= 0.3 is 12.0 Å². The Bertz CT molecular complexity index is 3490. The van der Waals surface area contributed by atoms with Gasteiger partial charge in [-0.25, -0.2) is 27.5 Å². The number of aromatic amines is 1. The highest BCUT2D eigenvalue weighted by Crippen LogP contribution is 2.30. The van der Waals surface area contributed by atoms with E-state index < -0.39 is 77.0 Å². The number of aromatic nitrogens is 3. The van der Waals surface area contributed by atoms with Crippen LogP contribution in [0.1, 0.15) is 78.8 Å². The Balaban J connectivity index is 0.918. The van der Waals surface area contributed by atoms with Crippen molar-refractivity contribution in [3.8, 4) is 18.1 Å². The summed E-state index contributed by atoms with van der Waals surface area (Å²) in [7, 11) is 0. The van der Waals surface area contributed by atoms with Crippen LogP contribution < -0.4 is 46.8 Å². The van der Waals surface area contributed by atoms with E-state index in [0.29, 0.717) is 47.5 Å². The van der Waals surface area contributed by atoms with E-state index in [4.69, 9.17) is 26.4 Å². The molecule has 0 aliphatic heterocycles. The van der Waals surface area contributed by atoms with Gasteiger partial charge in [0.15, 0.2) is 24.7 Å². The van der Waals surface area contributed by atoms with Crippen LogP contribution in [0.3, 0.4) is 0 Å². The number of esters is 1. The first-order valence-electron chi connectivity index (χ1n) is 27.6. The van der Waals surface area contributed by atoms with Gasteiger partial charge in [0, 0.05) is 77.0 Å². The molecule has 6 rings (SSSR count). The van der Waals surface area contributed by atoms with E-state index in [-0.39, 0.29) is 102 Å². The third-order valence-electron chi connectivity index (χ3n) is 13.3. The van der Waals surface area contributed by atoms with Crippen LogP contribution in [-0.4, -0.2) is 104 Å². The van der Waals surface area contributed by atoms with E-state index in [2.05, 4.69) is 57.8 Å². The van der Waals surface area contributed by atoms with Crippen molar-refractivity contribution in [2.24, 2.45) is 17.6 Å². The van der Waals surface area contributed by atoms with Crippen molar-refractivity contribution in [1.29, 1.82) is 0 Å². The van der Waals surface area contributed by atoms with Gasteiger partial charge in [0.05, 0.1) is 69.6 Å². The van der Waals surface area contributed by atoms with Crippen LogP contribution in [0, 0.1) is 60.2 Å². The van der Waals surface area contributed by atoms with Gasteiger partial charge in [0.2, 0.25) is 46.6 Å². The first-order valence-corrected chi connectivity index (χ1v) is 28.4. The zero-order chi connectivity index (χ0) is 63.2. The van der Waals surface area contributed by atoms with Gasteiger partial charge in [-0.3, -0.25) is 28.8 Å². The molecule has 0 spiro atoms. The maximum atomic E-state index is 13.8. The van der Waals surface area contributed by atoms with Gasteiger partial charge in [-0.2, -0.15) is 8.78 Å². The minimum atomic E-state index is -2.39. The third-order valence-corrected chi connectivity index (χ3v) is 14.1. The fourth-order valence-electron chi connectivity index (χ4n) is 8.86. The molecular weight excluding hydrogens is 1210 g/mol. The quantitative estimate of drug-likeness (QED) is 0.00350. The summed E-state index contributed by atoms with van der Waals surface area (Å²) in [6.45, 7) is 6.57. The average molecular weight is 1280 g/mol. The van der Waals surface area contributed by atoms with Crippen molar-refractivity contribution in [1.82, 2.24) is 25.9 Å². The number of ketones is 1. The monoisotopic (exact) mass is 1270 g/mol. The number of fused-ring (bicyclic) bond motifs is 1. The third kappa shape index (κ3) is 20.5. The Kier molecular flexibility index (Phi) is 25.8. The number of H-pyrrole nitrogens is 1. The number of hydrogen-bond donors (Lipinski definition) is 6. The number of carbonyl (C=O) groups is 6. The van der Waals surface area contributed by atoms with Crippen molar-refractivity contribution < 1.29 is 74.2 Å². The lowest BCUT2D eigenvalue weighted by Crippen LogP contribution is -2.45. The number of amides is 5. The van der Waals surface area contributed by atoms with Gasteiger partial charge in [0.25, 0.3) is 11.5 Å². The van der Waals surface area contributed by atoms with Crippen molar-refractivity contribution in [3.63, 3.8) is 0 Å². The summed E-state index contributed by atoms with van der Waals surface area (Å²) in [4.78, 5) is 98.9. The van der Waals surface area contributed by atoms with Crippen molar-refractivity contribution >= 4 is 73.7 Å². The van der Waals surface area contributed by atoms with Gasteiger partial charge in [0.1, 0.15) is 5.82 Å². The predicted molar refractivity (Wildman–Crippen MR) is 313 cm³/mol. The highest BCUT2D eigenvalue weighted by molar-refractivity contribution is 9.10. The van der Waals surface area contributed by atoms with Crippen molar-refractivity contribution in [2.75, 3.05) is 62.9 Å². The van der Waals surface area contributed by atoms with Gasteiger partial charge in [-0.1, -0.05) is 47.8 Å². The SMILES string of the molecule is C#CCN(Cc1cc2c(=O)[nH]c(C)nc2cc1Br)c1ccc(C(=O)NCc2ccc[n+](Cc3ccc(NC(=O)[C@H](CCCNC(N)=O)CC(=O)[C@@H](NC(=O)CCOCCOCCOCCC(=O)Oc4c(F)c(F)c(F)c(F)c4F)C(C)C)cc3)c2)cc1. The van der Waals surface area contributed by atoms with E-state index in [9.17, 15) is 55.5 Å². The molecule has 0 aliphatic rings. The van der Waals surface area contributed by atoms with Crippen molar-refractivity contribution in [3.05, 3.63) is 157 Å². The molecule has 2 atom stereocenters.